The van der Waals surface area contributed by atoms with Gasteiger partial charge < -0.3 is 14.5 Å². The molecule has 0 saturated carbocycles. The summed E-state index contributed by atoms with van der Waals surface area (Å²) in [5.41, 5.74) is 2.55. The number of hydrogen-bond donors (Lipinski definition) is 1. The number of aromatic amines is 1. The molecule has 0 spiro atoms. The van der Waals surface area contributed by atoms with Gasteiger partial charge in [0.2, 0.25) is 0 Å². The smallest absolute Gasteiger partial charge is 0.315 e. The third-order valence-corrected chi connectivity index (χ3v) is 3.13. The Morgan fingerprint density at radius 1 is 1.14 bits per heavy atom. The van der Waals surface area contributed by atoms with Crippen molar-refractivity contribution in [1.29, 1.82) is 0 Å². The van der Waals surface area contributed by atoms with Gasteiger partial charge in [0, 0.05) is 6.07 Å². The van der Waals surface area contributed by atoms with Gasteiger partial charge in [-0.1, -0.05) is 12.1 Å². The number of methoxy groups -OCH3 is 1. The summed E-state index contributed by atoms with van der Waals surface area (Å²) >= 11 is 0. The molecule has 0 bridgehead atoms. The maximum atomic E-state index is 11.9. The number of carbonyl (C=O) groups is 1. The highest BCUT2D eigenvalue weighted by molar-refractivity contribution is 5.79. The minimum atomic E-state index is -0.306. The third kappa shape index (κ3) is 3.02. The highest BCUT2D eigenvalue weighted by Gasteiger charge is 2.08. The van der Waals surface area contributed by atoms with Crippen LogP contribution in [0.3, 0.4) is 0 Å². The molecule has 106 valence electrons. The largest absolute Gasteiger partial charge is 0.497 e. The molecule has 0 saturated heterocycles. The molecule has 1 N–H and O–H groups in total. The van der Waals surface area contributed by atoms with Gasteiger partial charge in [-0.3, -0.25) is 4.79 Å². The van der Waals surface area contributed by atoms with E-state index in [2.05, 4.69) is 9.97 Å². The van der Waals surface area contributed by atoms with Gasteiger partial charge in [-0.2, -0.15) is 0 Å². The second-order valence-corrected chi connectivity index (χ2v) is 4.58. The number of hydrogen-bond acceptors (Lipinski definition) is 4. The summed E-state index contributed by atoms with van der Waals surface area (Å²) in [5, 5.41) is 0. The molecule has 1 heterocycles. The zero-order valence-corrected chi connectivity index (χ0v) is 11.5. The standard InChI is InChI=1S/C16H14N2O3/c1-20-12-4-2-11(3-5-12)8-16(19)21-13-6-7-14-15(9-13)18-10-17-14/h2-7,9-10H,8H2,1H3,(H,17,18). The van der Waals surface area contributed by atoms with Crippen LogP contribution in [-0.2, 0) is 11.2 Å². The fourth-order valence-corrected chi connectivity index (χ4v) is 2.06. The summed E-state index contributed by atoms with van der Waals surface area (Å²) in [5.74, 6) is 0.959. The van der Waals surface area contributed by atoms with Crippen LogP contribution in [0, 0.1) is 0 Å². The molecule has 0 aliphatic heterocycles. The van der Waals surface area contributed by atoms with Crippen LogP contribution >= 0.6 is 0 Å². The first kappa shape index (κ1) is 13.2. The number of benzene rings is 2. The van der Waals surface area contributed by atoms with Crippen LogP contribution in [-0.4, -0.2) is 23.0 Å². The summed E-state index contributed by atoms with van der Waals surface area (Å²) in [4.78, 5) is 19.0. The van der Waals surface area contributed by atoms with E-state index in [4.69, 9.17) is 9.47 Å². The molecular weight excluding hydrogens is 268 g/mol. The van der Waals surface area contributed by atoms with E-state index < -0.39 is 0 Å². The molecule has 0 aliphatic rings. The topological polar surface area (TPSA) is 64.2 Å². The van der Waals surface area contributed by atoms with Crippen LogP contribution in [0.1, 0.15) is 5.56 Å². The summed E-state index contributed by atoms with van der Waals surface area (Å²) in [7, 11) is 1.61. The number of rotatable bonds is 4. The van der Waals surface area contributed by atoms with Crippen molar-refractivity contribution in [3.05, 3.63) is 54.4 Å². The van der Waals surface area contributed by atoms with E-state index in [1.165, 1.54) is 0 Å². The lowest BCUT2D eigenvalue weighted by atomic mass is 10.1. The van der Waals surface area contributed by atoms with Gasteiger partial charge in [0.1, 0.15) is 11.5 Å². The van der Waals surface area contributed by atoms with E-state index >= 15 is 0 Å². The first-order chi connectivity index (χ1) is 10.2. The number of nitrogens with zero attached hydrogens (tertiary/aromatic N) is 1. The summed E-state index contributed by atoms with van der Waals surface area (Å²) in [6.45, 7) is 0. The normalized spacial score (nSPS) is 10.5. The van der Waals surface area contributed by atoms with Crippen molar-refractivity contribution >= 4 is 17.0 Å². The summed E-state index contributed by atoms with van der Waals surface area (Å²) in [6, 6.07) is 12.6. The minimum absolute atomic E-state index is 0.213. The van der Waals surface area contributed by atoms with Crippen molar-refractivity contribution in [2.75, 3.05) is 7.11 Å². The molecule has 0 radical (unpaired) electrons. The Hall–Kier alpha value is -2.82. The van der Waals surface area contributed by atoms with Crippen molar-refractivity contribution in [1.82, 2.24) is 9.97 Å². The monoisotopic (exact) mass is 282 g/mol. The summed E-state index contributed by atoms with van der Waals surface area (Å²) < 4.78 is 10.4. The molecule has 0 fully saturated rings. The Kier molecular flexibility index (Phi) is 3.55. The van der Waals surface area contributed by atoms with Crippen LogP contribution in [0.15, 0.2) is 48.8 Å². The highest BCUT2D eigenvalue weighted by atomic mass is 16.5. The van der Waals surface area contributed by atoms with Gasteiger partial charge in [-0.25, -0.2) is 4.98 Å². The van der Waals surface area contributed by atoms with Gasteiger partial charge in [0.05, 0.1) is 30.9 Å². The van der Waals surface area contributed by atoms with E-state index in [0.29, 0.717) is 5.75 Å². The predicted octanol–water partition coefficient (Wildman–Crippen LogP) is 2.72. The molecule has 0 atom stereocenters. The number of fused-ring (bicyclic) bond motifs is 1. The maximum absolute atomic E-state index is 11.9. The quantitative estimate of drug-likeness (QED) is 0.590. The van der Waals surface area contributed by atoms with Crippen molar-refractivity contribution in [2.24, 2.45) is 0 Å². The van der Waals surface area contributed by atoms with Crippen molar-refractivity contribution < 1.29 is 14.3 Å². The van der Waals surface area contributed by atoms with Gasteiger partial charge in [0.15, 0.2) is 0 Å². The zero-order chi connectivity index (χ0) is 14.7. The second kappa shape index (κ2) is 5.66. The molecule has 3 rings (SSSR count). The molecule has 0 amide bonds. The molecule has 0 unspecified atom stereocenters. The van der Waals surface area contributed by atoms with Crippen molar-refractivity contribution in [3.63, 3.8) is 0 Å². The SMILES string of the molecule is COc1ccc(CC(=O)Oc2ccc3nc[nH]c3c2)cc1. The Labute approximate surface area is 121 Å². The first-order valence-corrected chi connectivity index (χ1v) is 6.51. The lowest BCUT2D eigenvalue weighted by molar-refractivity contribution is -0.133. The molecular formula is C16H14N2O3. The second-order valence-electron chi connectivity index (χ2n) is 4.58. The Morgan fingerprint density at radius 3 is 2.67 bits per heavy atom. The van der Waals surface area contributed by atoms with Crippen LogP contribution < -0.4 is 9.47 Å². The summed E-state index contributed by atoms with van der Waals surface area (Å²) in [6.07, 6.45) is 1.82. The van der Waals surface area contributed by atoms with Gasteiger partial charge in [-0.15, -0.1) is 0 Å². The van der Waals surface area contributed by atoms with Gasteiger partial charge in [-0.05, 0) is 29.8 Å². The van der Waals surface area contributed by atoms with E-state index in [1.807, 2.05) is 30.3 Å². The lowest BCUT2D eigenvalue weighted by Gasteiger charge is -2.05. The Bertz CT molecular complexity index is 763. The molecule has 2 aromatic carbocycles. The number of esters is 1. The lowest BCUT2D eigenvalue weighted by Crippen LogP contribution is -2.11. The average Bonchev–Trinajstić information content (AvgIpc) is 2.95. The van der Waals surface area contributed by atoms with E-state index in [-0.39, 0.29) is 12.4 Å². The molecule has 21 heavy (non-hydrogen) atoms. The Morgan fingerprint density at radius 2 is 1.90 bits per heavy atom. The molecule has 5 nitrogen and oxygen atoms in total. The fraction of sp³-hybridized carbons (Fsp3) is 0.125. The zero-order valence-electron chi connectivity index (χ0n) is 11.5. The number of carbonyl (C=O) groups excluding carboxylic acids is 1. The van der Waals surface area contributed by atoms with Gasteiger partial charge >= 0.3 is 5.97 Å². The molecule has 0 aliphatic carbocycles. The van der Waals surface area contributed by atoms with Crippen molar-refractivity contribution in [3.8, 4) is 11.5 Å². The molecule has 1 aromatic heterocycles. The predicted molar refractivity (Wildman–Crippen MR) is 78.4 cm³/mol. The number of H-pyrrole nitrogens is 1. The number of aromatic nitrogens is 2. The third-order valence-electron chi connectivity index (χ3n) is 3.13. The van der Waals surface area contributed by atoms with Crippen LogP contribution in [0.5, 0.6) is 11.5 Å². The van der Waals surface area contributed by atoms with Crippen LogP contribution in [0.4, 0.5) is 0 Å². The number of ether oxygens (including phenoxy) is 2. The van der Waals surface area contributed by atoms with E-state index in [9.17, 15) is 4.79 Å². The molecule has 5 heteroatoms. The van der Waals surface area contributed by atoms with Gasteiger partial charge in [0.25, 0.3) is 0 Å². The van der Waals surface area contributed by atoms with E-state index in [0.717, 1.165) is 22.3 Å². The fourth-order valence-electron chi connectivity index (χ4n) is 2.06. The highest BCUT2D eigenvalue weighted by Crippen LogP contribution is 2.18. The maximum Gasteiger partial charge on any atom is 0.315 e. The molecule has 3 aromatic rings. The minimum Gasteiger partial charge on any atom is -0.497 e. The van der Waals surface area contributed by atoms with Crippen LogP contribution in [0.2, 0.25) is 0 Å². The van der Waals surface area contributed by atoms with E-state index in [1.54, 1.807) is 25.6 Å². The number of nitrogens with one attached hydrogen (secondary N) is 1. The average molecular weight is 282 g/mol. The van der Waals surface area contributed by atoms with Crippen LogP contribution in [0.25, 0.3) is 11.0 Å². The Balaban J connectivity index is 1.67. The number of imidazole rings is 1. The first-order valence-electron chi connectivity index (χ1n) is 6.51. The van der Waals surface area contributed by atoms with Crippen molar-refractivity contribution in [2.45, 2.75) is 6.42 Å².